The lowest BCUT2D eigenvalue weighted by atomic mass is 9.94. The van der Waals surface area contributed by atoms with E-state index in [9.17, 15) is 4.79 Å². The normalized spacial score (nSPS) is 16.7. The van der Waals surface area contributed by atoms with Crippen molar-refractivity contribution in [2.45, 2.75) is 33.7 Å². The molecule has 1 atom stereocenters. The average Bonchev–Trinajstić information content (AvgIpc) is 2.62. The summed E-state index contributed by atoms with van der Waals surface area (Å²) in [6.07, 6.45) is 0. The Bertz CT molecular complexity index is 714. The van der Waals surface area contributed by atoms with Crippen molar-refractivity contribution in [1.82, 2.24) is 15.5 Å². The highest BCUT2D eigenvalue weighted by molar-refractivity contribution is 7.80. The van der Waals surface area contributed by atoms with Gasteiger partial charge in [0.25, 0.3) is 5.91 Å². The number of rotatable bonds is 7. The van der Waals surface area contributed by atoms with E-state index < -0.39 is 0 Å². The highest BCUT2D eigenvalue weighted by Crippen LogP contribution is 2.34. The number of hydrogen-bond acceptors (Lipinski definition) is 4. The van der Waals surface area contributed by atoms with Crippen LogP contribution in [-0.4, -0.2) is 42.7 Å². The summed E-state index contributed by atoms with van der Waals surface area (Å²) < 4.78 is 11.0. The Hall–Kier alpha value is -2.28. The molecule has 0 aliphatic carbocycles. The van der Waals surface area contributed by atoms with Crippen molar-refractivity contribution in [2.75, 3.05) is 26.8 Å². The number of hydrogen-bond donors (Lipinski definition) is 2. The van der Waals surface area contributed by atoms with Gasteiger partial charge in [-0.2, -0.15) is 0 Å². The second kappa shape index (κ2) is 8.89. The molecule has 0 radical (unpaired) electrons. The van der Waals surface area contributed by atoms with Crippen LogP contribution < -0.4 is 20.1 Å². The summed E-state index contributed by atoms with van der Waals surface area (Å²) in [6.45, 7) is 9.57. The van der Waals surface area contributed by atoms with Gasteiger partial charge in [0, 0.05) is 18.8 Å². The van der Waals surface area contributed by atoms with E-state index in [1.54, 1.807) is 12.0 Å². The van der Waals surface area contributed by atoms with Crippen molar-refractivity contribution in [2.24, 2.45) is 0 Å². The Kier molecular flexibility index (Phi) is 6.85. The molecule has 0 unspecified atom stereocenters. The van der Waals surface area contributed by atoms with Crippen molar-refractivity contribution in [1.29, 1.82) is 0 Å². The van der Waals surface area contributed by atoms with E-state index in [-0.39, 0.29) is 11.9 Å². The van der Waals surface area contributed by atoms with Crippen LogP contribution in [0.5, 0.6) is 11.5 Å². The lowest BCUT2D eigenvalue weighted by Crippen LogP contribution is -2.47. The monoisotopic (exact) mass is 377 g/mol. The first-order valence-electron chi connectivity index (χ1n) is 8.84. The van der Waals surface area contributed by atoms with Crippen molar-refractivity contribution in [3.8, 4) is 11.5 Å². The Morgan fingerprint density at radius 2 is 1.92 bits per heavy atom. The van der Waals surface area contributed by atoms with E-state index >= 15 is 0 Å². The summed E-state index contributed by atoms with van der Waals surface area (Å²) in [5.41, 5.74) is 2.33. The molecule has 1 aromatic carbocycles. The van der Waals surface area contributed by atoms with Crippen LogP contribution in [0.1, 0.15) is 39.3 Å². The average molecular weight is 378 g/mol. The number of methoxy groups -OCH3 is 1. The first-order valence-corrected chi connectivity index (χ1v) is 9.25. The second-order valence-corrected chi connectivity index (χ2v) is 6.30. The quantitative estimate of drug-likeness (QED) is 0.713. The van der Waals surface area contributed by atoms with Gasteiger partial charge in [0.15, 0.2) is 16.6 Å². The number of amides is 1. The van der Waals surface area contributed by atoms with E-state index in [1.807, 2.05) is 45.9 Å². The summed E-state index contributed by atoms with van der Waals surface area (Å²) >= 11 is 5.32. The molecule has 1 aromatic rings. The number of carbonyl (C=O) groups excluding carboxylic acids is 1. The fourth-order valence-corrected chi connectivity index (χ4v) is 3.32. The van der Waals surface area contributed by atoms with Crippen molar-refractivity contribution in [3.63, 3.8) is 0 Å². The zero-order valence-corrected chi connectivity index (χ0v) is 16.8. The Morgan fingerprint density at radius 3 is 2.50 bits per heavy atom. The van der Waals surface area contributed by atoms with Crippen LogP contribution in [0, 0.1) is 0 Å². The van der Waals surface area contributed by atoms with Gasteiger partial charge in [-0.25, -0.2) is 0 Å². The molecule has 142 valence electrons. The van der Waals surface area contributed by atoms with Gasteiger partial charge < -0.3 is 25.0 Å². The first-order chi connectivity index (χ1) is 12.5. The minimum absolute atomic E-state index is 0.00576. The van der Waals surface area contributed by atoms with E-state index in [1.165, 1.54) is 0 Å². The van der Waals surface area contributed by atoms with Crippen LogP contribution in [0.25, 0.3) is 0 Å². The molecule has 0 bridgehead atoms. The van der Waals surface area contributed by atoms with Gasteiger partial charge in [0.2, 0.25) is 0 Å². The van der Waals surface area contributed by atoms with E-state index in [0.717, 1.165) is 11.3 Å². The number of carbonyl (C=O) groups is 1. The number of thiocarbonyl (C=S) groups is 1. The maximum absolute atomic E-state index is 13.1. The van der Waals surface area contributed by atoms with Gasteiger partial charge in [-0.05, 0) is 57.6 Å². The van der Waals surface area contributed by atoms with E-state index in [2.05, 4.69) is 10.6 Å². The molecule has 2 rings (SSSR count). The molecule has 0 spiro atoms. The minimum Gasteiger partial charge on any atom is -0.493 e. The lowest BCUT2D eigenvalue weighted by Gasteiger charge is -2.33. The zero-order chi connectivity index (χ0) is 19.3. The number of nitrogens with one attached hydrogen (secondary N) is 2. The summed E-state index contributed by atoms with van der Waals surface area (Å²) in [4.78, 5) is 14.9. The highest BCUT2D eigenvalue weighted by Gasteiger charge is 2.32. The van der Waals surface area contributed by atoms with Crippen LogP contribution in [0.15, 0.2) is 29.5 Å². The van der Waals surface area contributed by atoms with Crippen LogP contribution in [0.2, 0.25) is 0 Å². The van der Waals surface area contributed by atoms with Gasteiger partial charge in [0.1, 0.15) is 0 Å². The van der Waals surface area contributed by atoms with Crippen LogP contribution in [0.3, 0.4) is 0 Å². The maximum Gasteiger partial charge on any atom is 0.253 e. The molecule has 1 amide bonds. The molecular weight excluding hydrogens is 350 g/mol. The molecule has 0 fully saturated rings. The molecular formula is C19H27N3O3S. The van der Waals surface area contributed by atoms with Crippen LogP contribution >= 0.6 is 12.2 Å². The fraction of sp³-hybridized carbons (Fsp3) is 0.474. The van der Waals surface area contributed by atoms with Gasteiger partial charge in [-0.1, -0.05) is 6.07 Å². The predicted octanol–water partition coefficient (Wildman–Crippen LogP) is 2.76. The summed E-state index contributed by atoms with van der Waals surface area (Å²) in [6, 6.07) is 5.33. The maximum atomic E-state index is 13.1. The van der Waals surface area contributed by atoms with Crippen molar-refractivity contribution < 1.29 is 14.3 Å². The van der Waals surface area contributed by atoms with Gasteiger partial charge in [-0.3, -0.25) is 4.79 Å². The Balaban J connectivity index is 2.50. The molecule has 1 heterocycles. The number of benzene rings is 1. The Labute approximate surface area is 160 Å². The fourth-order valence-electron chi connectivity index (χ4n) is 3.05. The molecule has 6 nitrogen and oxygen atoms in total. The van der Waals surface area contributed by atoms with Gasteiger partial charge >= 0.3 is 0 Å². The molecule has 7 heteroatoms. The SMILES string of the molecule is CCOc1cc([C@H]2NC(=S)NC(C)=C2C(=O)N(CC)CC)ccc1OC. The molecule has 2 N–H and O–H groups in total. The van der Waals surface area contributed by atoms with Crippen molar-refractivity contribution in [3.05, 3.63) is 35.0 Å². The third-order valence-electron chi connectivity index (χ3n) is 4.37. The van der Waals surface area contributed by atoms with Crippen LogP contribution in [0.4, 0.5) is 0 Å². The summed E-state index contributed by atoms with van der Waals surface area (Å²) in [5, 5.41) is 6.79. The number of likely N-dealkylation sites (N-methyl/N-ethyl adjacent to an activating group) is 1. The number of nitrogens with zero attached hydrogens (tertiary/aromatic N) is 1. The number of allylic oxidation sites excluding steroid dienone is 1. The minimum atomic E-state index is -0.345. The molecule has 26 heavy (non-hydrogen) atoms. The van der Waals surface area contributed by atoms with E-state index in [0.29, 0.717) is 41.9 Å². The highest BCUT2D eigenvalue weighted by atomic mass is 32.1. The smallest absolute Gasteiger partial charge is 0.253 e. The van der Waals surface area contributed by atoms with Crippen LogP contribution in [-0.2, 0) is 4.79 Å². The number of ether oxygens (including phenoxy) is 2. The first kappa shape index (κ1) is 20.0. The molecule has 0 saturated carbocycles. The van der Waals surface area contributed by atoms with E-state index in [4.69, 9.17) is 21.7 Å². The molecule has 1 aliphatic rings. The largest absolute Gasteiger partial charge is 0.493 e. The lowest BCUT2D eigenvalue weighted by molar-refractivity contribution is -0.127. The summed E-state index contributed by atoms with van der Waals surface area (Å²) in [7, 11) is 1.61. The third kappa shape index (κ3) is 4.09. The van der Waals surface area contributed by atoms with Gasteiger partial charge in [-0.15, -0.1) is 0 Å². The van der Waals surface area contributed by atoms with Crippen molar-refractivity contribution >= 4 is 23.2 Å². The molecule has 0 aromatic heterocycles. The predicted molar refractivity (Wildman–Crippen MR) is 106 cm³/mol. The standard InChI is InChI=1S/C19H27N3O3S/c1-6-22(7-2)18(23)16-12(4)20-19(26)21-17(16)13-9-10-14(24-5)15(11-13)25-8-3/h9-11,17H,6-8H2,1-5H3,(H2,20,21,26)/t17-/m1/s1. The second-order valence-electron chi connectivity index (χ2n) is 5.89. The molecule has 1 aliphatic heterocycles. The molecule has 0 saturated heterocycles. The third-order valence-corrected chi connectivity index (χ3v) is 4.59. The Morgan fingerprint density at radius 1 is 1.23 bits per heavy atom. The zero-order valence-electron chi connectivity index (χ0n) is 16.0. The van der Waals surface area contributed by atoms with Gasteiger partial charge in [0.05, 0.1) is 25.3 Å². The summed E-state index contributed by atoms with van der Waals surface area (Å²) in [5.74, 6) is 1.30. The topological polar surface area (TPSA) is 62.8 Å².